The molecule has 2 atom stereocenters. The zero-order valence-electron chi connectivity index (χ0n) is 9.82. The van der Waals surface area contributed by atoms with Gasteiger partial charge in [0.1, 0.15) is 12.1 Å². The summed E-state index contributed by atoms with van der Waals surface area (Å²) in [5, 5.41) is 2.74. The van der Waals surface area contributed by atoms with Crippen molar-refractivity contribution in [2.24, 2.45) is 0 Å². The highest BCUT2D eigenvalue weighted by Gasteiger charge is 2.37. The highest BCUT2D eigenvalue weighted by molar-refractivity contribution is 5.96. The van der Waals surface area contributed by atoms with Gasteiger partial charge in [0.05, 0.1) is 0 Å². The van der Waals surface area contributed by atoms with Crippen molar-refractivity contribution >= 4 is 11.8 Å². The first-order chi connectivity index (χ1) is 7.65. The largest absolute Gasteiger partial charge is 0.343 e. The molecule has 1 aliphatic rings. The van der Waals surface area contributed by atoms with Crippen molar-refractivity contribution in [2.45, 2.75) is 45.2 Å². The SMILES string of the molecule is C#CCCN1C(=O)C(CC)NC(=O)C1CC. The molecule has 2 unspecified atom stereocenters. The predicted molar refractivity (Wildman–Crippen MR) is 61.5 cm³/mol. The van der Waals surface area contributed by atoms with Crippen LogP contribution < -0.4 is 5.32 Å². The van der Waals surface area contributed by atoms with Gasteiger partial charge in [0, 0.05) is 13.0 Å². The van der Waals surface area contributed by atoms with Crippen molar-refractivity contribution in [3.63, 3.8) is 0 Å². The van der Waals surface area contributed by atoms with Crippen LogP contribution in [0.1, 0.15) is 33.1 Å². The summed E-state index contributed by atoms with van der Waals surface area (Å²) < 4.78 is 0. The number of nitrogens with zero attached hydrogens (tertiary/aromatic N) is 1. The minimum atomic E-state index is -0.381. The summed E-state index contributed by atoms with van der Waals surface area (Å²) in [6.45, 7) is 4.25. The molecule has 1 rings (SSSR count). The normalized spacial score (nSPS) is 25.2. The summed E-state index contributed by atoms with van der Waals surface area (Å²) in [6, 6.07) is -0.739. The molecule has 1 heterocycles. The first-order valence-electron chi connectivity index (χ1n) is 5.70. The molecule has 1 fully saturated rings. The van der Waals surface area contributed by atoms with Gasteiger partial charge in [0.2, 0.25) is 11.8 Å². The number of hydrogen-bond donors (Lipinski definition) is 1. The molecule has 0 aromatic carbocycles. The lowest BCUT2D eigenvalue weighted by molar-refractivity contribution is -0.149. The monoisotopic (exact) mass is 222 g/mol. The Bertz CT molecular complexity index is 319. The molecule has 4 heteroatoms. The number of nitrogens with one attached hydrogen (secondary N) is 1. The molecule has 4 nitrogen and oxygen atoms in total. The molecule has 0 spiro atoms. The Balaban J connectivity index is 2.83. The van der Waals surface area contributed by atoms with Crippen LogP contribution in [-0.4, -0.2) is 35.3 Å². The maximum Gasteiger partial charge on any atom is 0.245 e. The molecule has 1 aliphatic heterocycles. The Morgan fingerprint density at radius 3 is 2.56 bits per heavy atom. The molecule has 0 aliphatic carbocycles. The molecule has 1 N–H and O–H groups in total. The van der Waals surface area contributed by atoms with Crippen LogP contribution in [0.4, 0.5) is 0 Å². The summed E-state index contributed by atoms with van der Waals surface area (Å²) in [6.07, 6.45) is 6.93. The molecule has 0 saturated carbocycles. The van der Waals surface area contributed by atoms with Gasteiger partial charge < -0.3 is 10.2 Å². The Hall–Kier alpha value is -1.50. The van der Waals surface area contributed by atoms with Gasteiger partial charge in [-0.05, 0) is 12.8 Å². The molecule has 0 aromatic heterocycles. The molecule has 0 aromatic rings. The second kappa shape index (κ2) is 5.55. The molecule has 1 saturated heterocycles. The first-order valence-corrected chi connectivity index (χ1v) is 5.70. The minimum absolute atomic E-state index is 0.01000. The van der Waals surface area contributed by atoms with Gasteiger partial charge in [0.25, 0.3) is 0 Å². The first kappa shape index (κ1) is 12.6. The summed E-state index contributed by atoms with van der Waals surface area (Å²) >= 11 is 0. The van der Waals surface area contributed by atoms with Gasteiger partial charge in [-0.3, -0.25) is 9.59 Å². The second-order valence-corrected chi connectivity index (χ2v) is 3.88. The van der Waals surface area contributed by atoms with Crippen LogP contribution in [0.3, 0.4) is 0 Å². The molecule has 16 heavy (non-hydrogen) atoms. The van der Waals surface area contributed by atoms with E-state index in [0.717, 1.165) is 0 Å². The van der Waals surface area contributed by atoms with Crippen molar-refractivity contribution in [3.8, 4) is 12.3 Å². The van der Waals surface area contributed by atoms with E-state index in [1.165, 1.54) is 0 Å². The Kier molecular flexibility index (Phi) is 4.36. The predicted octanol–water partition coefficient (Wildman–Crippen LogP) is 0.525. The fourth-order valence-electron chi connectivity index (χ4n) is 1.96. The Morgan fingerprint density at radius 2 is 2.06 bits per heavy atom. The lowest BCUT2D eigenvalue weighted by Crippen LogP contribution is -2.63. The number of terminal acetylenes is 1. The maximum atomic E-state index is 12.0. The molecule has 0 radical (unpaired) electrons. The van der Waals surface area contributed by atoms with E-state index in [2.05, 4.69) is 11.2 Å². The zero-order chi connectivity index (χ0) is 12.1. The van der Waals surface area contributed by atoms with Crippen molar-refractivity contribution in [1.82, 2.24) is 10.2 Å². The van der Waals surface area contributed by atoms with Crippen molar-refractivity contribution in [1.29, 1.82) is 0 Å². The number of piperazine rings is 1. The van der Waals surface area contributed by atoms with Gasteiger partial charge in [-0.25, -0.2) is 0 Å². The van der Waals surface area contributed by atoms with E-state index in [9.17, 15) is 9.59 Å². The van der Waals surface area contributed by atoms with Crippen LogP contribution in [0.2, 0.25) is 0 Å². The fourth-order valence-corrected chi connectivity index (χ4v) is 1.96. The second-order valence-electron chi connectivity index (χ2n) is 3.88. The molecular weight excluding hydrogens is 204 g/mol. The number of carbonyl (C=O) groups is 2. The number of carbonyl (C=O) groups excluding carboxylic acids is 2. The summed E-state index contributed by atoms with van der Waals surface area (Å²) in [7, 11) is 0. The average molecular weight is 222 g/mol. The van der Waals surface area contributed by atoms with Gasteiger partial charge >= 0.3 is 0 Å². The van der Waals surface area contributed by atoms with Crippen molar-refractivity contribution < 1.29 is 9.59 Å². The summed E-state index contributed by atoms with van der Waals surface area (Å²) in [4.78, 5) is 25.4. The van der Waals surface area contributed by atoms with Crippen LogP contribution in [0.15, 0.2) is 0 Å². The van der Waals surface area contributed by atoms with Crippen LogP contribution in [0, 0.1) is 12.3 Å². The van der Waals surface area contributed by atoms with E-state index in [1.54, 1.807) is 4.90 Å². The summed E-state index contributed by atoms with van der Waals surface area (Å²) in [5.74, 6) is 2.43. The molecular formula is C12H18N2O2. The third-order valence-electron chi connectivity index (χ3n) is 2.87. The van der Waals surface area contributed by atoms with Gasteiger partial charge in [-0.15, -0.1) is 12.3 Å². The highest BCUT2D eigenvalue weighted by Crippen LogP contribution is 2.14. The fraction of sp³-hybridized carbons (Fsp3) is 0.667. The third kappa shape index (κ3) is 2.35. The summed E-state index contributed by atoms with van der Waals surface area (Å²) in [5.41, 5.74) is 0. The Labute approximate surface area is 96.4 Å². The van der Waals surface area contributed by atoms with Crippen LogP contribution >= 0.6 is 0 Å². The number of amides is 2. The molecule has 0 bridgehead atoms. The standard InChI is InChI=1S/C12H18N2O2/c1-4-7-8-14-10(6-3)11(15)13-9(5-2)12(14)16/h1,9-10H,5-8H2,2-3H3,(H,13,15). The highest BCUT2D eigenvalue weighted by atomic mass is 16.2. The number of rotatable bonds is 4. The topological polar surface area (TPSA) is 49.4 Å². The quantitative estimate of drug-likeness (QED) is 0.705. The van der Waals surface area contributed by atoms with E-state index >= 15 is 0 Å². The lowest BCUT2D eigenvalue weighted by Gasteiger charge is -2.38. The third-order valence-corrected chi connectivity index (χ3v) is 2.87. The van der Waals surface area contributed by atoms with Crippen LogP contribution in [-0.2, 0) is 9.59 Å². The van der Waals surface area contributed by atoms with Crippen molar-refractivity contribution in [2.75, 3.05) is 6.54 Å². The van der Waals surface area contributed by atoms with Gasteiger partial charge in [-0.1, -0.05) is 13.8 Å². The van der Waals surface area contributed by atoms with E-state index < -0.39 is 0 Å². The smallest absolute Gasteiger partial charge is 0.245 e. The van der Waals surface area contributed by atoms with E-state index in [-0.39, 0.29) is 23.9 Å². The molecule has 2 amide bonds. The van der Waals surface area contributed by atoms with Gasteiger partial charge in [-0.2, -0.15) is 0 Å². The van der Waals surface area contributed by atoms with Crippen LogP contribution in [0.5, 0.6) is 0 Å². The zero-order valence-corrected chi connectivity index (χ0v) is 9.82. The molecule has 88 valence electrons. The maximum absolute atomic E-state index is 12.0. The average Bonchev–Trinajstić information content (AvgIpc) is 2.29. The van der Waals surface area contributed by atoms with E-state index in [1.807, 2.05) is 13.8 Å². The van der Waals surface area contributed by atoms with E-state index in [4.69, 9.17) is 6.42 Å². The van der Waals surface area contributed by atoms with E-state index in [0.29, 0.717) is 25.8 Å². The lowest BCUT2D eigenvalue weighted by atomic mass is 10.0. The Morgan fingerprint density at radius 1 is 1.38 bits per heavy atom. The van der Waals surface area contributed by atoms with Crippen LogP contribution in [0.25, 0.3) is 0 Å². The van der Waals surface area contributed by atoms with Crippen molar-refractivity contribution in [3.05, 3.63) is 0 Å². The minimum Gasteiger partial charge on any atom is -0.343 e. The van der Waals surface area contributed by atoms with Gasteiger partial charge in [0.15, 0.2) is 0 Å². The number of hydrogen-bond acceptors (Lipinski definition) is 2.